The van der Waals surface area contributed by atoms with Crippen molar-refractivity contribution in [3.63, 3.8) is 0 Å². The van der Waals surface area contributed by atoms with E-state index in [2.05, 4.69) is 83.6 Å². The van der Waals surface area contributed by atoms with Crippen molar-refractivity contribution in [3.8, 4) is 0 Å². The van der Waals surface area contributed by atoms with Gasteiger partial charge in [0.25, 0.3) is 0 Å². The minimum absolute atomic E-state index is 0.0677. The van der Waals surface area contributed by atoms with E-state index >= 15 is 0 Å². The number of aryl methyl sites for hydroxylation is 2. The second kappa shape index (κ2) is 6.97. The quantitative estimate of drug-likeness (QED) is 0.550. The normalized spacial score (nSPS) is 17.4. The summed E-state index contributed by atoms with van der Waals surface area (Å²) in [4.78, 5) is 13.1. The van der Waals surface area contributed by atoms with Crippen molar-refractivity contribution in [3.05, 3.63) is 99.5 Å². The van der Waals surface area contributed by atoms with Crippen LogP contribution in [0.3, 0.4) is 0 Å². The molecular weight excluding hydrogens is 398 g/mol. The molecule has 3 aromatic rings. The SMILES string of the molecule is Cc1ccc(C2(c3ccc(C)cc3)CC2C(=O)Nc2cccc(Br)c2)cc1. The van der Waals surface area contributed by atoms with Crippen molar-refractivity contribution in [2.75, 3.05) is 5.32 Å². The smallest absolute Gasteiger partial charge is 0.228 e. The molecule has 1 amide bonds. The maximum atomic E-state index is 13.1. The number of carbonyl (C=O) groups is 1. The third-order valence-corrected chi connectivity index (χ3v) is 6.00. The second-order valence-electron chi connectivity index (χ2n) is 7.46. The Kier molecular flexibility index (Phi) is 4.65. The van der Waals surface area contributed by atoms with Gasteiger partial charge in [-0.25, -0.2) is 0 Å². The van der Waals surface area contributed by atoms with E-state index in [1.807, 2.05) is 24.3 Å². The average Bonchev–Trinajstić information content (AvgIpc) is 3.40. The number of hydrogen-bond acceptors (Lipinski definition) is 1. The van der Waals surface area contributed by atoms with Gasteiger partial charge in [0.1, 0.15) is 0 Å². The van der Waals surface area contributed by atoms with E-state index in [9.17, 15) is 4.79 Å². The van der Waals surface area contributed by atoms with Crippen LogP contribution in [-0.4, -0.2) is 5.91 Å². The first-order valence-corrected chi connectivity index (χ1v) is 9.99. The molecule has 0 aromatic heterocycles. The summed E-state index contributed by atoms with van der Waals surface area (Å²) in [6, 6.07) is 24.9. The van der Waals surface area contributed by atoms with E-state index in [0.717, 1.165) is 16.6 Å². The molecule has 1 aliphatic carbocycles. The molecule has 0 spiro atoms. The van der Waals surface area contributed by atoms with E-state index in [1.54, 1.807) is 0 Å². The molecule has 0 bridgehead atoms. The van der Waals surface area contributed by atoms with Crippen molar-refractivity contribution in [1.29, 1.82) is 0 Å². The Balaban J connectivity index is 1.67. The number of anilines is 1. The molecule has 27 heavy (non-hydrogen) atoms. The summed E-state index contributed by atoms with van der Waals surface area (Å²) in [7, 11) is 0. The molecule has 2 nitrogen and oxygen atoms in total. The largest absolute Gasteiger partial charge is 0.326 e. The van der Waals surface area contributed by atoms with Gasteiger partial charge in [-0.2, -0.15) is 0 Å². The van der Waals surface area contributed by atoms with Crippen LogP contribution in [0.25, 0.3) is 0 Å². The van der Waals surface area contributed by atoms with Crippen LogP contribution in [0.15, 0.2) is 77.3 Å². The molecule has 0 radical (unpaired) electrons. The zero-order valence-electron chi connectivity index (χ0n) is 15.5. The molecule has 1 N–H and O–H groups in total. The summed E-state index contributed by atoms with van der Waals surface area (Å²) in [6.45, 7) is 4.18. The summed E-state index contributed by atoms with van der Waals surface area (Å²) in [5.41, 5.74) is 5.47. The molecule has 1 atom stereocenters. The molecule has 0 heterocycles. The predicted molar refractivity (Wildman–Crippen MR) is 114 cm³/mol. The molecule has 1 aliphatic rings. The lowest BCUT2D eigenvalue weighted by Crippen LogP contribution is -2.22. The summed E-state index contributed by atoms with van der Waals surface area (Å²) in [6.07, 6.45) is 0.832. The summed E-state index contributed by atoms with van der Waals surface area (Å²) in [5, 5.41) is 3.09. The topological polar surface area (TPSA) is 29.1 Å². The Morgan fingerprint density at radius 2 is 1.48 bits per heavy atom. The molecule has 3 aromatic carbocycles. The lowest BCUT2D eigenvalue weighted by molar-refractivity contribution is -0.117. The number of carbonyl (C=O) groups excluding carboxylic acids is 1. The molecule has 1 fully saturated rings. The zero-order valence-corrected chi connectivity index (χ0v) is 17.1. The number of nitrogens with one attached hydrogen (secondary N) is 1. The summed E-state index contributed by atoms with van der Waals surface area (Å²) < 4.78 is 0.958. The summed E-state index contributed by atoms with van der Waals surface area (Å²) in [5.74, 6) is 0.0103. The van der Waals surface area contributed by atoms with Crippen LogP contribution >= 0.6 is 15.9 Å². The van der Waals surface area contributed by atoms with Gasteiger partial charge >= 0.3 is 0 Å². The van der Waals surface area contributed by atoms with Crippen LogP contribution in [0.2, 0.25) is 0 Å². The molecule has 4 rings (SSSR count). The van der Waals surface area contributed by atoms with E-state index < -0.39 is 0 Å². The lowest BCUT2D eigenvalue weighted by Gasteiger charge is -2.19. The highest BCUT2D eigenvalue weighted by atomic mass is 79.9. The van der Waals surface area contributed by atoms with Gasteiger partial charge in [-0.15, -0.1) is 0 Å². The Labute approximate surface area is 168 Å². The molecule has 3 heteroatoms. The van der Waals surface area contributed by atoms with E-state index in [1.165, 1.54) is 22.3 Å². The van der Waals surface area contributed by atoms with Gasteiger partial charge in [0.15, 0.2) is 0 Å². The predicted octanol–water partition coefficient (Wildman–Crippen LogP) is 6.01. The number of rotatable bonds is 4. The van der Waals surface area contributed by atoms with E-state index in [0.29, 0.717) is 0 Å². The van der Waals surface area contributed by atoms with Gasteiger partial charge in [-0.3, -0.25) is 4.79 Å². The first-order chi connectivity index (χ1) is 13.0. The Bertz CT molecular complexity index is 931. The fourth-order valence-electron chi connectivity index (χ4n) is 3.88. The Hall–Kier alpha value is -2.39. The maximum absolute atomic E-state index is 13.1. The van der Waals surface area contributed by atoms with Gasteiger partial charge in [0, 0.05) is 15.6 Å². The van der Waals surface area contributed by atoms with Crippen molar-refractivity contribution in [2.24, 2.45) is 5.92 Å². The second-order valence-corrected chi connectivity index (χ2v) is 8.38. The number of benzene rings is 3. The van der Waals surface area contributed by atoms with Gasteiger partial charge < -0.3 is 5.32 Å². The number of amides is 1. The van der Waals surface area contributed by atoms with Crippen molar-refractivity contribution in [1.82, 2.24) is 0 Å². The van der Waals surface area contributed by atoms with Crippen LogP contribution in [0.4, 0.5) is 5.69 Å². The fraction of sp³-hybridized carbons (Fsp3) is 0.208. The average molecular weight is 420 g/mol. The molecule has 136 valence electrons. The molecule has 0 aliphatic heterocycles. The first-order valence-electron chi connectivity index (χ1n) is 9.20. The molecule has 1 saturated carbocycles. The number of halogens is 1. The van der Waals surface area contributed by atoms with Crippen LogP contribution in [0.1, 0.15) is 28.7 Å². The van der Waals surface area contributed by atoms with Crippen molar-refractivity contribution in [2.45, 2.75) is 25.7 Å². The van der Waals surface area contributed by atoms with Crippen LogP contribution in [-0.2, 0) is 10.2 Å². The standard InChI is InChI=1S/C24H22BrNO/c1-16-6-10-18(11-7-16)24(19-12-8-17(2)9-13-19)15-22(24)23(27)26-21-5-3-4-20(25)14-21/h3-14,22H,15H2,1-2H3,(H,26,27). The molecular formula is C24H22BrNO. The highest BCUT2D eigenvalue weighted by molar-refractivity contribution is 9.10. The maximum Gasteiger partial charge on any atom is 0.228 e. The van der Waals surface area contributed by atoms with Gasteiger partial charge in [0.2, 0.25) is 5.91 Å². The van der Waals surface area contributed by atoms with Gasteiger partial charge in [-0.1, -0.05) is 81.7 Å². The lowest BCUT2D eigenvalue weighted by atomic mass is 9.85. The number of hydrogen-bond donors (Lipinski definition) is 1. The third-order valence-electron chi connectivity index (χ3n) is 5.50. The van der Waals surface area contributed by atoms with Crippen molar-refractivity contribution < 1.29 is 4.79 Å². The van der Waals surface area contributed by atoms with Crippen LogP contribution < -0.4 is 5.32 Å². The van der Waals surface area contributed by atoms with Gasteiger partial charge in [-0.05, 0) is 49.6 Å². The molecule has 0 saturated heterocycles. The van der Waals surface area contributed by atoms with E-state index in [-0.39, 0.29) is 17.2 Å². The Morgan fingerprint density at radius 3 is 2.00 bits per heavy atom. The fourth-order valence-corrected chi connectivity index (χ4v) is 4.28. The monoisotopic (exact) mass is 419 g/mol. The minimum Gasteiger partial charge on any atom is -0.326 e. The minimum atomic E-state index is -0.239. The van der Waals surface area contributed by atoms with Crippen LogP contribution in [0.5, 0.6) is 0 Å². The van der Waals surface area contributed by atoms with Crippen molar-refractivity contribution >= 4 is 27.5 Å². The van der Waals surface area contributed by atoms with Crippen LogP contribution in [0, 0.1) is 19.8 Å². The highest BCUT2D eigenvalue weighted by Crippen LogP contribution is 2.59. The van der Waals surface area contributed by atoms with Gasteiger partial charge in [0.05, 0.1) is 5.92 Å². The zero-order chi connectivity index (χ0) is 19.0. The first kappa shape index (κ1) is 18.0. The van der Waals surface area contributed by atoms with E-state index in [4.69, 9.17) is 0 Å². The third kappa shape index (κ3) is 3.44. The highest BCUT2D eigenvalue weighted by Gasteiger charge is 2.60. The summed E-state index contributed by atoms with van der Waals surface area (Å²) >= 11 is 3.46. The molecule has 1 unspecified atom stereocenters. The Morgan fingerprint density at radius 1 is 0.926 bits per heavy atom.